The second-order valence-electron chi connectivity index (χ2n) is 6.88. The number of benzene rings is 1. The summed E-state index contributed by atoms with van der Waals surface area (Å²) in [6.45, 7) is 0.873. The molecular weight excluding hydrogens is 284 g/mol. The first-order chi connectivity index (χ1) is 11.3. The summed E-state index contributed by atoms with van der Waals surface area (Å²) in [5, 5.41) is 3.76. The Morgan fingerprint density at radius 1 is 1.04 bits per heavy atom. The van der Waals surface area contributed by atoms with Gasteiger partial charge in [0.2, 0.25) is 0 Å². The fourth-order valence-electron chi connectivity index (χ4n) is 4.04. The molecule has 120 valence electrons. The molecule has 2 aromatic rings. The molecule has 3 heteroatoms. The van der Waals surface area contributed by atoms with Crippen LogP contribution in [0.25, 0.3) is 0 Å². The molecule has 2 aliphatic rings. The molecule has 1 saturated carbocycles. The number of pyridine rings is 1. The molecule has 0 saturated heterocycles. The molecular formula is C20H24N2O. The molecule has 0 radical (unpaired) electrons. The van der Waals surface area contributed by atoms with E-state index >= 15 is 0 Å². The highest BCUT2D eigenvalue weighted by atomic mass is 16.5. The maximum Gasteiger partial charge on any atom is 0.124 e. The number of fused-ring (bicyclic) bond motifs is 1. The molecule has 1 unspecified atom stereocenters. The van der Waals surface area contributed by atoms with Crippen LogP contribution in [0.4, 0.5) is 0 Å². The number of nitrogens with one attached hydrogen (secondary N) is 1. The molecule has 2 heterocycles. The highest BCUT2D eigenvalue weighted by Crippen LogP contribution is 2.46. The summed E-state index contributed by atoms with van der Waals surface area (Å²) in [5.41, 5.74) is 2.63. The van der Waals surface area contributed by atoms with Crippen LogP contribution in [0.3, 0.4) is 0 Å². The van der Waals surface area contributed by atoms with Crippen LogP contribution in [0, 0.1) is 0 Å². The molecule has 1 aliphatic carbocycles. The Hall–Kier alpha value is -1.87. The van der Waals surface area contributed by atoms with E-state index in [1.807, 2.05) is 12.4 Å². The minimum absolute atomic E-state index is 0.0442. The minimum Gasteiger partial charge on any atom is -0.487 e. The zero-order valence-electron chi connectivity index (χ0n) is 13.5. The molecule has 1 aliphatic heterocycles. The van der Waals surface area contributed by atoms with E-state index in [0.717, 1.165) is 18.7 Å². The van der Waals surface area contributed by atoms with Gasteiger partial charge in [0.15, 0.2) is 0 Å². The van der Waals surface area contributed by atoms with E-state index < -0.39 is 0 Å². The molecule has 1 aromatic carbocycles. The Labute approximate surface area is 138 Å². The lowest BCUT2D eigenvalue weighted by Gasteiger charge is -2.44. The highest BCUT2D eigenvalue weighted by Gasteiger charge is 2.41. The van der Waals surface area contributed by atoms with E-state index in [-0.39, 0.29) is 5.60 Å². The van der Waals surface area contributed by atoms with Crippen LogP contribution < -0.4 is 10.1 Å². The van der Waals surface area contributed by atoms with Gasteiger partial charge < -0.3 is 10.1 Å². The largest absolute Gasteiger partial charge is 0.487 e. The van der Waals surface area contributed by atoms with Gasteiger partial charge in [-0.2, -0.15) is 0 Å². The molecule has 1 spiro atoms. The zero-order valence-corrected chi connectivity index (χ0v) is 13.5. The van der Waals surface area contributed by atoms with Crippen LogP contribution >= 0.6 is 0 Å². The van der Waals surface area contributed by atoms with E-state index in [4.69, 9.17) is 4.74 Å². The maximum atomic E-state index is 6.49. The summed E-state index contributed by atoms with van der Waals surface area (Å²) >= 11 is 0. The number of ether oxygens (including phenoxy) is 1. The molecule has 0 amide bonds. The van der Waals surface area contributed by atoms with Crippen molar-refractivity contribution in [1.29, 1.82) is 0 Å². The van der Waals surface area contributed by atoms with Crippen LogP contribution in [-0.2, 0) is 6.54 Å². The molecule has 1 atom stereocenters. The van der Waals surface area contributed by atoms with Gasteiger partial charge in [0.25, 0.3) is 0 Å². The number of rotatable bonds is 3. The van der Waals surface area contributed by atoms with Crippen molar-refractivity contribution in [2.24, 2.45) is 0 Å². The normalized spacial score (nSPS) is 22.3. The van der Waals surface area contributed by atoms with Crippen LogP contribution in [0.5, 0.6) is 5.75 Å². The highest BCUT2D eigenvalue weighted by molar-refractivity contribution is 5.39. The van der Waals surface area contributed by atoms with Crippen molar-refractivity contribution >= 4 is 0 Å². The van der Waals surface area contributed by atoms with Gasteiger partial charge >= 0.3 is 0 Å². The average molecular weight is 308 g/mol. The Bertz CT molecular complexity index is 650. The van der Waals surface area contributed by atoms with Crippen molar-refractivity contribution < 1.29 is 4.74 Å². The fraction of sp³-hybridized carbons (Fsp3) is 0.450. The summed E-state index contributed by atoms with van der Waals surface area (Å²) in [6.07, 6.45) is 11.1. The molecule has 0 bridgehead atoms. The number of nitrogens with zero attached hydrogens (tertiary/aromatic N) is 1. The van der Waals surface area contributed by atoms with Crippen molar-refractivity contribution in [3.8, 4) is 5.75 Å². The van der Waals surface area contributed by atoms with Crippen molar-refractivity contribution in [2.45, 2.75) is 56.7 Å². The first-order valence-electron chi connectivity index (χ1n) is 8.75. The predicted octanol–water partition coefficient (Wildman–Crippen LogP) is 4.40. The Morgan fingerprint density at radius 3 is 2.65 bits per heavy atom. The number of aromatic nitrogens is 1. The lowest BCUT2D eigenvalue weighted by atomic mass is 9.77. The van der Waals surface area contributed by atoms with E-state index in [1.165, 1.54) is 43.2 Å². The lowest BCUT2D eigenvalue weighted by molar-refractivity contribution is -0.00290. The van der Waals surface area contributed by atoms with Gasteiger partial charge in [-0.05, 0) is 49.4 Å². The molecule has 4 rings (SSSR count). The summed E-state index contributed by atoms with van der Waals surface area (Å²) in [6, 6.07) is 13.1. The van der Waals surface area contributed by atoms with Gasteiger partial charge in [-0.25, -0.2) is 0 Å². The smallest absolute Gasteiger partial charge is 0.124 e. The molecule has 1 aromatic heterocycles. The monoisotopic (exact) mass is 308 g/mol. The van der Waals surface area contributed by atoms with Crippen molar-refractivity contribution in [2.75, 3.05) is 0 Å². The SMILES string of the molecule is c1ccc2c(c1)OC1(CCCCC1)CC2NCc1ccncc1. The van der Waals surface area contributed by atoms with Gasteiger partial charge in [-0.1, -0.05) is 24.6 Å². The number of para-hydroxylation sites is 1. The summed E-state index contributed by atoms with van der Waals surface area (Å²) in [4.78, 5) is 4.10. The quantitative estimate of drug-likeness (QED) is 0.912. The van der Waals surface area contributed by atoms with Gasteiger partial charge in [0.1, 0.15) is 11.4 Å². The Balaban J connectivity index is 1.56. The molecule has 1 fully saturated rings. The predicted molar refractivity (Wildman–Crippen MR) is 91.3 cm³/mol. The first kappa shape index (κ1) is 14.7. The van der Waals surface area contributed by atoms with Gasteiger partial charge in [0, 0.05) is 37.0 Å². The van der Waals surface area contributed by atoms with Crippen LogP contribution in [0.15, 0.2) is 48.8 Å². The summed E-state index contributed by atoms with van der Waals surface area (Å²) in [5.74, 6) is 1.08. The van der Waals surface area contributed by atoms with Crippen molar-refractivity contribution in [1.82, 2.24) is 10.3 Å². The van der Waals surface area contributed by atoms with E-state index in [9.17, 15) is 0 Å². The molecule has 23 heavy (non-hydrogen) atoms. The fourth-order valence-corrected chi connectivity index (χ4v) is 4.04. The van der Waals surface area contributed by atoms with Crippen LogP contribution in [0.2, 0.25) is 0 Å². The zero-order chi connectivity index (χ0) is 15.5. The summed E-state index contributed by atoms with van der Waals surface area (Å²) in [7, 11) is 0. The van der Waals surface area contributed by atoms with Crippen LogP contribution in [-0.4, -0.2) is 10.6 Å². The first-order valence-corrected chi connectivity index (χ1v) is 8.75. The van der Waals surface area contributed by atoms with E-state index in [0.29, 0.717) is 6.04 Å². The van der Waals surface area contributed by atoms with E-state index in [1.54, 1.807) is 0 Å². The topological polar surface area (TPSA) is 34.1 Å². The van der Waals surface area contributed by atoms with Crippen molar-refractivity contribution in [3.05, 3.63) is 59.9 Å². The number of hydrogen-bond acceptors (Lipinski definition) is 3. The van der Waals surface area contributed by atoms with Gasteiger partial charge in [-0.15, -0.1) is 0 Å². The second-order valence-corrected chi connectivity index (χ2v) is 6.88. The third-order valence-corrected chi connectivity index (χ3v) is 5.26. The Kier molecular flexibility index (Phi) is 4.04. The lowest BCUT2D eigenvalue weighted by Crippen LogP contribution is -2.45. The van der Waals surface area contributed by atoms with Gasteiger partial charge in [0.05, 0.1) is 0 Å². The second kappa shape index (κ2) is 6.32. The Morgan fingerprint density at radius 2 is 1.83 bits per heavy atom. The molecule has 1 N–H and O–H groups in total. The van der Waals surface area contributed by atoms with E-state index in [2.05, 4.69) is 46.7 Å². The average Bonchev–Trinajstić information content (AvgIpc) is 2.61. The standard InChI is InChI=1S/C20H24N2O/c1-4-10-20(11-5-1)14-18(17-6-2-3-7-19(17)23-20)22-15-16-8-12-21-13-9-16/h2-3,6-9,12-13,18,22H,1,4-5,10-11,14-15H2. The maximum absolute atomic E-state index is 6.49. The third-order valence-electron chi connectivity index (χ3n) is 5.26. The van der Waals surface area contributed by atoms with Gasteiger partial charge in [-0.3, -0.25) is 4.98 Å². The minimum atomic E-state index is 0.0442. The number of hydrogen-bond donors (Lipinski definition) is 1. The van der Waals surface area contributed by atoms with Crippen LogP contribution in [0.1, 0.15) is 55.7 Å². The third kappa shape index (κ3) is 3.11. The summed E-state index contributed by atoms with van der Waals surface area (Å²) < 4.78 is 6.49. The van der Waals surface area contributed by atoms with Crippen molar-refractivity contribution in [3.63, 3.8) is 0 Å². The molecule has 3 nitrogen and oxygen atoms in total.